The number of ether oxygens (including phenoxy) is 1. The highest BCUT2D eigenvalue weighted by molar-refractivity contribution is 5.95. The summed E-state index contributed by atoms with van der Waals surface area (Å²) in [6, 6.07) is 11.4. The van der Waals surface area contributed by atoms with Gasteiger partial charge in [0.1, 0.15) is 12.4 Å². The molecule has 2 rings (SSSR count). The van der Waals surface area contributed by atoms with E-state index in [9.17, 15) is 14.9 Å². The lowest BCUT2D eigenvalue weighted by molar-refractivity contribution is -0.385. The van der Waals surface area contributed by atoms with Crippen LogP contribution >= 0.6 is 0 Å². The molecule has 0 bridgehead atoms. The molecule has 2 aromatic carbocycles. The molecule has 0 radical (unpaired) electrons. The Bertz CT molecular complexity index is 698. The SMILES string of the molecule is Cc1c(COc2ccccc2C(N)=O)cccc1[N+](=O)[O-]. The molecule has 6 heteroatoms. The number of benzene rings is 2. The van der Waals surface area contributed by atoms with Gasteiger partial charge in [0.25, 0.3) is 11.6 Å². The average Bonchev–Trinajstić information content (AvgIpc) is 2.46. The zero-order valence-corrected chi connectivity index (χ0v) is 11.4. The molecule has 0 fully saturated rings. The number of hydrogen-bond acceptors (Lipinski definition) is 4. The molecule has 0 heterocycles. The van der Waals surface area contributed by atoms with Crippen molar-refractivity contribution in [3.8, 4) is 5.75 Å². The Morgan fingerprint density at radius 1 is 1.24 bits per heavy atom. The minimum Gasteiger partial charge on any atom is -0.488 e. The van der Waals surface area contributed by atoms with E-state index in [4.69, 9.17) is 10.5 Å². The molecule has 0 aliphatic rings. The van der Waals surface area contributed by atoms with Gasteiger partial charge in [-0.1, -0.05) is 24.3 Å². The lowest BCUT2D eigenvalue weighted by Gasteiger charge is -2.11. The lowest BCUT2D eigenvalue weighted by Crippen LogP contribution is -2.13. The Labute approximate surface area is 121 Å². The molecule has 2 aromatic rings. The van der Waals surface area contributed by atoms with Crippen molar-refractivity contribution in [3.63, 3.8) is 0 Å². The molecule has 6 nitrogen and oxygen atoms in total. The summed E-state index contributed by atoms with van der Waals surface area (Å²) in [5, 5.41) is 10.9. The zero-order valence-electron chi connectivity index (χ0n) is 11.4. The second kappa shape index (κ2) is 6.04. The topological polar surface area (TPSA) is 95.5 Å². The molecule has 1 amide bonds. The Hall–Kier alpha value is -2.89. The van der Waals surface area contributed by atoms with Crippen LogP contribution in [0.1, 0.15) is 21.5 Å². The second-order valence-electron chi connectivity index (χ2n) is 4.47. The molecule has 0 unspecified atom stereocenters. The van der Waals surface area contributed by atoms with E-state index < -0.39 is 10.8 Å². The first kappa shape index (κ1) is 14.5. The van der Waals surface area contributed by atoms with Crippen molar-refractivity contribution < 1.29 is 14.5 Å². The van der Waals surface area contributed by atoms with Gasteiger partial charge in [0.05, 0.1) is 10.5 Å². The average molecular weight is 286 g/mol. The number of amides is 1. The van der Waals surface area contributed by atoms with E-state index in [1.807, 2.05) is 0 Å². The third kappa shape index (κ3) is 3.17. The van der Waals surface area contributed by atoms with Crippen LogP contribution in [0.5, 0.6) is 5.75 Å². The fourth-order valence-corrected chi connectivity index (χ4v) is 1.98. The largest absolute Gasteiger partial charge is 0.488 e. The van der Waals surface area contributed by atoms with Gasteiger partial charge in [-0.15, -0.1) is 0 Å². The van der Waals surface area contributed by atoms with Crippen LogP contribution < -0.4 is 10.5 Å². The van der Waals surface area contributed by atoms with Gasteiger partial charge in [-0.3, -0.25) is 14.9 Å². The highest BCUT2D eigenvalue weighted by Gasteiger charge is 2.14. The summed E-state index contributed by atoms with van der Waals surface area (Å²) in [6.07, 6.45) is 0. The molecule has 0 saturated heterocycles. The lowest BCUT2D eigenvalue weighted by atomic mass is 10.1. The van der Waals surface area contributed by atoms with Crippen molar-refractivity contribution in [2.24, 2.45) is 5.73 Å². The molecular formula is C15H14N2O4. The number of hydrogen-bond donors (Lipinski definition) is 1. The number of nitro groups is 1. The molecule has 0 aromatic heterocycles. The fraction of sp³-hybridized carbons (Fsp3) is 0.133. The molecule has 2 N–H and O–H groups in total. The normalized spacial score (nSPS) is 10.1. The Morgan fingerprint density at radius 2 is 1.95 bits per heavy atom. The second-order valence-corrected chi connectivity index (χ2v) is 4.47. The molecule has 0 atom stereocenters. The summed E-state index contributed by atoms with van der Waals surface area (Å²) in [7, 11) is 0. The van der Waals surface area contributed by atoms with Gasteiger partial charge in [-0.25, -0.2) is 0 Å². The van der Waals surface area contributed by atoms with Crippen molar-refractivity contribution in [1.82, 2.24) is 0 Å². The van der Waals surface area contributed by atoms with Gasteiger partial charge in [0.2, 0.25) is 0 Å². The van der Waals surface area contributed by atoms with Crippen LogP contribution in [0.3, 0.4) is 0 Å². The van der Waals surface area contributed by atoms with Crippen molar-refractivity contribution in [1.29, 1.82) is 0 Å². The maximum Gasteiger partial charge on any atom is 0.272 e. The number of carbonyl (C=O) groups excluding carboxylic acids is 1. The maximum absolute atomic E-state index is 11.3. The zero-order chi connectivity index (χ0) is 15.4. The monoisotopic (exact) mass is 286 g/mol. The molecule has 0 aliphatic carbocycles. The number of nitrogens with two attached hydrogens (primary N) is 1. The van der Waals surface area contributed by atoms with Crippen LogP contribution in [-0.4, -0.2) is 10.8 Å². The van der Waals surface area contributed by atoms with Crippen molar-refractivity contribution in [2.45, 2.75) is 13.5 Å². The van der Waals surface area contributed by atoms with Gasteiger partial charge >= 0.3 is 0 Å². The van der Waals surface area contributed by atoms with E-state index in [2.05, 4.69) is 0 Å². The molecule has 0 aliphatic heterocycles. The molecular weight excluding hydrogens is 272 g/mol. The number of rotatable bonds is 5. The van der Waals surface area contributed by atoms with Gasteiger partial charge < -0.3 is 10.5 Å². The van der Waals surface area contributed by atoms with Gasteiger partial charge in [-0.2, -0.15) is 0 Å². The van der Waals surface area contributed by atoms with Crippen LogP contribution in [0.4, 0.5) is 5.69 Å². The highest BCUT2D eigenvalue weighted by Crippen LogP contribution is 2.24. The standard InChI is InChI=1S/C15H14N2O4/c1-10-11(5-4-7-13(10)17(19)20)9-21-14-8-3-2-6-12(14)15(16)18/h2-8H,9H2,1H3,(H2,16,18). The Kier molecular flexibility index (Phi) is 4.18. The fourth-order valence-electron chi connectivity index (χ4n) is 1.98. The van der Waals surface area contributed by atoms with Crippen LogP contribution in [0, 0.1) is 17.0 Å². The van der Waals surface area contributed by atoms with Crippen LogP contribution in [0.25, 0.3) is 0 Å². The quantitative estimate of drug-likeness (QED) is 0.675. The number of carbonyl (C=O) groups is 1. The Morgan fingerprint density at radius 3 is 2.62 bits per heavy atom. The summed E-state index contributed by atoms with van der Waals surface area (Å²) in [5.74, 6) is -0.225. The first-order valence-corrected chi connectivity index (χ1v) is 6.25. The van der Waals surface area contributed by atoms with E-state index >= 15 is 0 Å². The van der Waals surface area contributed by atoms with Gasteiger partial charge in [-0.05, 0) is 24.6 Å². The predicted octanol–water partition coefficient (Wildman–Crippen LogP) is 2.58. The molecule has 0 saturated carbocycles. The summed E-state index contributed by atoms with van der Waals surface area (Å²) in [5.41, 5.74) is 6.81. The summed E-state index contributed by atoms with van der Waals surface area (Å²) in [6.45, 7) is 1.79. The van der Waals surface area contributed by atoms with Gasteiger partial charge in [0.15, 0.2) is 0 Å². The summed E-state index contributed by atoms with van der Waals surface area (Å²) < 4.78 is 5.58. The van der Waals surface area contributed by atoms with Crippen molar-refractivity contribution in [2.75, 3.05) is 0 Å². The van der Waals surface area contributed by atoms with Crippen LogP contribution in [0.15, 0.2) is 42.5 Å². The van der Waals surface area contributed by atoms with E-state index in [0.717, 1.165) is 0 Å². The molecule has 0 spiro atoms. The summed E-state index contributed by atoms with van der Waals surface area (Å²) >= 11 is 0. The first-order chi connectivity index (χ1) is 10.0. The number of nitro benzene ring substituents is 1. The van der Waals surface area contributed by atoms with E-state index in [1.54, 1.807) is 43.3 Å². The van der Waals surface area contributed by atoms with Crippen LogP contribution in [-0.2, 0) is 6.61 Å². The number of primary amides is 1. The highest BCUT2D eigenvalue weighted by atomic mass is 16.6. The number of nitrogens with zero attached hydrogens (tertiary/aromatic N) is 1. The molecule has 21 heavy (non-hydrogen) atoms. The number of para-hydroxylation sites is 1. The van der Waals surface area contributed by atoms with E-state index in [1.165, 1.54) is 6.07 Å². The minimum atomic E-state index is -0.582. The van der Waals surface area contributed by atoms with Crippen molar-refractivity contribution in [3.05, 3.63) is 69.3 Å². The third-order valence-corrected chi connectivity index (χ3v) is 3.15. The first-order valence-electron chi connectivity index (χ1n) is 6.25. The van der Waals surface area contributed by atoms with E-state index in [-0.39, 0.29) is 17.9 Å². The third-order valence-electron chi connectivity index (χ3n) is 3.15. The predicted molar refractivity (Wildman–Crippen MR) is 77.1 cm³/mol. The van der Waals surface area contributed by atoms with Gasteiger partial charge in [0, 0.05) is 11.6 Å². The molecule has 108 valence electrons. The van der Waals surface area contributed by atoms with Crippen molar-refractivity contribution >= 4 is 11.6 Å². The minimum absolute atomic E-state index is 0.0410. The smallest absolute Gasteiger partial charge is 0.272 e. The van der Waals surface area contributed by atoms with Crippen LogP contribution in [0.2, 0.25) is 0 Å². The Balaban J connectivity index is 2.23. The maximum atomic E-state index is 11.3. The summed E-state index contributed by atoms with van der Waals surface area (Å²) in [4.78, 5) is 21.8. The van der Waals surface area contributed by atoms with E-state index in [0.29, 0.717) is 16.9 Å².